The molecule has 218 valence electrons. The number of amides is 2. The minimum absolute atomic E-state index is 0.0210. The zero-order valence-corrected chi connectivity index (χ0v) is 24.5. The number of ether oxygens (including phenoxy) is 2. The van der Waals surface area contributed by atoms with Gasteiger partial charge in [0.15, 0.2) is 5.76 Å². The van der Waals surface area contributed by atoms with E-state index < -0.39 is 17.3 Å². The Hall–Kier alpha value is -4.34. The number of piperazine rings is 1. The molecule has 1 N–H and O–H groups in total. The molecule has 2 heterocycles. The van der Waals surface area contributed by atoms with Gasteiger partial charge in [0.1, 0.15) is 11.2 Å². The maximum atomic E-state index is 13.3. The van der Waals surface area contributed by atoms with E-state index in [9.17, 15) is 14.4 Å². The fourth-order valence-corrected chi connectivity index (χ4v) is 4.29. The van der Waals surface area contributed by atoms with Crippen molar-refractivity contribution >= 4 is 29.7 Å². The Morgan fingerprint density at radius 2 is 1.54 bits per heavy atom. The topological polar surface area (TPSA) is 114 Å². The van der Waals surface area contributed by atoms with Crippen molar-refractivity contribution in [1.29, 1.82) is 0 Å². The van der Waals surface area contributed by atoms with Gasteiger partial charge in [-0.1, -0.05) is 36.4 Å². The summed E-state index contributed by atoms with van der Waals surface area (Å²) in [5, 5.41) is 2.78. The van der Waals surface area contributed by atoms with Crippen molar-refractivity contribution in [1.82, 2.24) is 9.88 Å². The van der Waals surface area contributed by atoms with Crippen LogP contribution in [0.25, 0.3) is 11.1 Å². The molecule has 1 aromatic heterocycles. The van der Waals surface area contributed by atoms with Gasteiger partial charge in [-0.2, -0.15) is 0 Å². The Morgan fingerprint density at radius 3 is 2.17 bits per heavy atom. The molecule has 0 radical (unpaired) electrons. The largest absolute Gasteiger partial charge is 0.444 e. The minimum atomic E-state index is -0.668. The number of nitrogens with one attached hydrogen (secondary N) is 1. The van der Waals surface area contributed by atoms with Crippen LogP contribution in [0.15, 0.2) is 59.1 Å². The van der Waals surface area contributed by atoms with Crippen LogP contribution in [0.4, 0.5) is 21.3 Å². The third kappa shape index (κ3) is 8.33. The lowest BCUT2D eigenvalue weighted by Crippen LogP contribution is -2.50. The summed E-state index contributed by atoms with van der Waals surface area (Å²) in [4.78, 5) is 46.1. The van der Waals surface area contributed by atoms with E-state index in [1.165, 1.54) is 6.20 Å². The Bertz CT molecular complexity index is 1380. The lowest BCUT2D eigenvalue weighted by Gasteiger charge is -2.34. The second kappa shape index (κ2) is 12.0. The van der Waals surface area contributed by atoms with Crippen molar-refractivity contribution in [3.63, 3.8) is 0 Å². The molecule has 0 saturated carbocycles. The molecule has 2 amide bonds. The number of ketones is 1. The molecule has 0 bridgehead atoms. The van der Waals surface area contributed by atoms with E-state index in [2.05, 4.69) is 10.3 Å². The van der Waals surface area contributed by atoms with Gasteiger partial charge in [-0.15, -0.1) is 0 Å². The number of hydrogen-bond donors (Lipinski definition) is 1. The van der Waals surface area contributed by atoms with E-state index in [4.69, 9.17) is 13.9 Å². The fourth-order valence-electron chi connectivity index (χ4n) is 4.29. The Balaban J connectivity index is 1.47. The maximum Gasteiger partial charge on any atom is 0.412 e. The smallest absolute Gasteiger partial charge is 0.412 e. The van der Waals surface area contributed by atoms with Gasteiger partial charge >= 0.3 is 12.2 Å². The van der Waals surface area contributed by atoms with Gasteiger partial charge in [-0.3, -0.25) is 10.1 Å². The van der Waals surface area contributed by atoms with Gasteiger partial charge in [0, 0.05) is 38.3 Å². The first kappa shape index (κ1) is 29.6. The lowest BCUT2D eigenvalue weighted by atomic mass is 9.98. The molecular formula is C31H38N4O6. The first-order valence-electron chi connectivity index (χ1n) is 13.7. The molecule has 3 aromatic rings. The maximum absolute atomic E-state index is 13.3. The lowest BCUT2D eigenvalue weighted by molar-refractivity contribution is 0.0238. The van der Waals surface area contributed by atoms with E-state index >= 15 is 0 Å². The molecule has 10 nitrogen and oxygen atoms in total. The van der Waals surface area contributed by atoms with E-state index in [0.29, 0.717) is 43.4 Å². The number of benzene rings is 2. The van der Waals surface area contributed by atoms with Crippen molar-refractivity contribution in [3.8, 4) is 11.1 Å². The molecule has 0 spiro atoms. The molecule has 0 unspecified atom stereocenters. The molecule has 1 fully saturated rings. The summed E-state index contributed by atoms with van der Waals surface area (Å²) in [6.45, 7) is 12.8. The van der Waals surface area contributed by atoms with Crippen LogP contribution < -0.4 is 10.2 Å². The first-order valence-corrected chi connectivity index (χ1v) is 13.7. The van der Waals surface area contributed by atoms with Gasteiger partial charge in [-0.25, -0.2) is 14.6 Å². The highest BCUT2D eigenvalue weighted by atomic mass is 16.6. The molecule has 1 saturated heterocycles. The summed E-state index contributed by atoms with van der Waals surface area (Å²) in [5.41, 5.74) is 1.76. The van der Waals surface area contributed by atoms with E-state index in [1.54, 1.807) is 31.7 Å². The summed E-state index contributed by atoms with van der Waals surface area (Å²) in [6, 6.07) is 15.6. The average molecular weight is 563 g/mol. The second-order valence-corrected chi connectivity index (χ2v) is 11.9. The summed E-state index contributed by atoms with van der Waals surface area (Å²) in [6.07, 6.45) is 0.437. The number of aromatic nitrogens is 1. The number of nitrogens with zero attached hydrogens (tertiary/aromatic N) is 3. The van der Waals surface area contributed by atoms with E-state index in [1.807, 2.05) is 68.1 Å². The van der Waals surface area contributed by atoms with Crippen LogP contribution in [-0.2, 0) is 15.9 Å². The number of anilines is 2. The van der Waals surface area contributed by atoms with E-state index in [-0.39, 0.29) is 24.1 Å². The SMILES string of the molecule is CC(C)(C)OC(=O)Nc1ccc(-c2ccccc2)cc1CC(=O)c1cnc(N2CCN(C(=O)OC(C)(C)C)CC2)o1. The van der Waals surface area contributed by atoms with Crippen LogP contribution in [0, 0.1) is 0 Å². The minimum Gasteiger partial charge on any atom is -0.444 e. The second-order valence-electron chi connectivity index (χ2n) is 11.9. The van der Waals surface area contributed by atoms with Crippen LogP contribution in [-0.4, -0.2) is 65.2 Å². The summed E-state index contributed by atoms with van der Waals surface area (Å²) >= 11 is 0. The van der Waals surface area contributed by atoms with E-state index in [0.717, 1.165) is 11.1 Å². The zero-order chi connectivity index (χ0) is 29.8. The number of carbonyl (C=O) groups excluding carboxylic acids is 3. The third-order valence-electron chi connectivity index (χ3n) is 6.17. The van der Waals surface area contributed by atoms with Crippen molar-refractivity contribution < 1.29 is 28.3 Å². The highest BCUT2D eigenvalue weighted by molar-refractivity contribution is 5.97. The molecule has 41 heavy (non-hydrogen) atoms. The number of Topliss-reactive ketones (excluding diaryl/α,β-unsaturated/α-hetero) is 1. The third-order valence-corrected chi connectivity index (χ3v) is 6.17. The number of carbonyl (C=O) groups is 3. The first-order chi connectivity index (χ1) is 19.3. The van der Waals surface area contributed by atoms with Crippen LogP contribution >= 0.6 is 0 Å². The van der Waals surface area contributed by atoms with Gasteiger partial charge in [0.2, 0.25) is 5.78 Å². The quantitative estimate of drug-likeness (QED) is 0.355. The highest BCUT2D eigenvalue weighted by Crippen LogP contribution is 2.28. The van der Waals surface area contributed by atoms with Gasteiger partial charge < -0.3 is 23.7 Å². The number of rotatable bonds is 6. The van der Waals surface area contributed by atoms with Crippen LogP contribution in [0.1, 0.15) is 57.7 Å². The van der Waals surface area contributed by atoms with Crippen molar-refractivity contribution in [3.05, 3.63) is 66.1 Å². The van der Waals surface area contributed by atoms with Gasteiger partial charge in [-0.05, 0) is 70.4 Å². The fraction of sp³-hybridized carbons (Fsp3) is 0.419. The Kier molecular flexibility index (Phi) is 8.70. The monoisotopic (exact) mass is 562 g/mol. The summed E-state index contributed by atoms with van der Waals surface area (Å²) in [5.74, 6) is -0.170. The van der Waals surface area contributed by atoms with Crippen molar-refractivity contribution in [2.24, 2.45) is 0 Å². The van der Waals surface area contributed by atoms with Crippen LogP contribution in [0.3, 0.4) is 0 Å². The van der Waals surface area contributed by atoms with Gasteiger partial charge in [0.05, 0.1) is 6.20 Å². The predicted octanol–water partition coefficient (Wildman–Crippen LogP) is 6.17. The highest BCUT2D eigenvalue weighted by Gasteiger charge is 2.28. The molecule has 2 aromatic carbocycles. The van der Waals surface area contributed by atoms with Crippen LogP contribution in [0.5, 0.6) is 0 Å². The molecule has 1 aliphatic rings. The normalized spacial score (nSPS) is 14.0. The molecule has 10 heteroatoms. The molecule has 0 atom stereocenters. The Labute approximate surface area is 240 Å². The molecule has 4 rings (SSSR count). The van der Waals surface area contributed by atoms with Crippen molar-refractivity contribution in [2.75, 3.05) is 36.4 Å². The van der Waals surface area contributed by atoms with Gasteiger partial charge in [0.25, 0.3) is 6.01 Å². The number of oxazole rings is 1. The molecule has 0 aliphatic carbocycles. The molecular weight excluding hydrogens is 524 g/mol. The average Bonchev–Trinajstić information content (AvgIpc) is 3.39. The molecule has 1 aliphatic heterocycles. The van der Waals surface area contributed by atoms with Crippen LogP contribution in [0.2, 0.25) is 0 Å². The Morgan fingerprint density at radius 1 is 0.878 bits per heavy atom. The summed E-state index contributed by atoms with van der Waals surface area (Å²) in [7, 11) is 0. The van der Waals surface area contributed by atoms with Crippen molar-refractivity contribution in [2.45, 2.75) is 59.2 Å². The predicted molar refractivity (Wildman–Crippen MR) is 156 cm³/mol. The standard InChI is InChI=1S/C31H38N4O6/c1-30(2,3)40-28(37)33-24-13-12-22(21-10-8-7-9-11-21)18-23(24)19-25(36)26-20-32-27(39-26)34-14-16-35(17-15-34)29(38)41-31(4,5)6/h7-13,18,20H,14-17,19H2,1-6H3,(H,33,37). The zero-order valence-electron chi connectivity index (χ0n) is 24.5. The summed E-state index contributed by atoms with van der Waals surface area (Å²) < 4.78 is 16.7. The number of hydrogen-bond acceptors (Lipinski definition) is 8.